The Morgan fingerprint density at radius 2 is 2.20 bits per heavy atom. The first-order valence-corrected chi connectivity index (χ1v) is 5.91. The quantitative estimate of drug-likeness (QED) is 0.727. The van der Waals surface area contributed by atoms with Crippen LogP contribution in [0.15, 0.2) is 38.9 Å². The molecule has 0 bridgehead atoms. The molecule has 2 nitrogen and oxygen atoms in total. The first kappa shape index (κ1) is 8.80. The van der Waals surface area contributed by atoms with E-state index in [1.54, 1.807) is 18.0 Å². The molecule has 0 spiro atoms. The van der Waals surface area contributed by atoms with Crippen molar-refractivity contribution in [3.8, 4) is 0 Å². The van der Waals surface area contributed by atoms with E-state index in [9.17, 15) is 0 Å². The highest BCUT2D eigenvalue weighted by molar-refractivity contribution is 8.02. The lowest BCUT2D eigenvalue weighted by molar-refractivity contribution is 0.615. The fourth-order valence-electron chi connectivity index (χ4n) is 1.77. The van der Waals surface area contributed by atoms with E-state index < -0.39 is 0 Å². The van der Waals surface area contributed by atoms with Crippen LogP contribution in [0.2, 0.25) is 0 Å². The number of rotatable bonds is 1. The summed E-state index contributed by atoms with van der Waals surface area (Å²) in [5, 5.41) is 2.18. The first-order valence-electron chi connectivity index (χ1n) is 4.68. The normalized spacial score (nSPS) is 14.1. The molecule has 0 saturated heterocycles. The molecular weight excluding hydrogens is 206 g/mol. The van der Waals surface area contributed by atoms with E-state index >= 15 is 0 Å². The Bertz CT molecular complexity index is 580. The van der Waals surface area contributed by atoms with Crippen molar-refractivity contribution in [1.82, 2.24) is 0 Å². The highest BCUT2D eigenvalue weighted by Gasteiger charge is 2.10. The second-order valence-electron chi connectivity index (χ2n) is 3.36. The zero-order valence-corrected chi connectivity index (χ0v) is 9.04. The Balaban J connectivity index is 2.38. The minimum Gasteiger partial charge on any atom is -0.464 e. The van der Waals surface area contributed by atoms with Crippen molar-refractivity contribution in [1.29, 1.82) is 0 Å². The smallest absolute Gasteiger partial charge is 0.135 e. The minimum atomic E-state index is 0.924. The molecule has 0 saturated carbocycles. The van der Waals surface area contributed by atoms with Crippen molar-refractivity contribution in [2.45, 2.75) is 0 Å². The lowest BCUT2D eigenvalue weighted by Crippen LogP contribution is -1.77. The Morgan fingerprint density at radius 3 is 3.07 bits per heavy atom. The third-order valence-electron chi connectivity index (χ3n) is 2.48. The molecule has 0 radical (unpaired) electrons. The van der Waals surface area contributed by atoms with E-state index in [4.69, 9.17) is 4.42 Å². The SMILES string of the molecule is CSC1=Cc2cccc3occ(c23)C=N1. The van der Waals surface area contributed by atoms with Crippen LogP contribution in [0.25, 0.3) is 17.0 Å². The summed E-state index contributed by atoms with van der Waals surface area (Å²) in [5.74, 6) is 0. The molecule has 1 aromatic carbocycles. The standard InChI is InChI=1S/C12H9NOS/c1-15-11-5-8-3-2-4-10-12(8)9(6-13-11)7-14-10/h2-7H,1H3. The number of hydrogen-bond donors (Lipinski definition) is 0. The highest BCUT2D eigenvalue weighted by atomic mass is 32.2. The van der Waals surface area contributed by atoms with E-state index in [1.165, 1.54) is 5.56 Å². The molecule has 74 valence electrons. The Morgan fingerprint density at radius 1 is 1.27 bits per heavy atom. The number of aliphatic imine (C=N–C) groups is 1. The van der Waals surface area contributed by atoms with Gasteiger partial charge in [0, 0.05) is 17.2 Å². The molecule has 1 aliphatic heterocycles. The van der Waals surface area contributed by atoms with Gasteiger partial charge in [-0.25, -0.2) is 4.99 Å². The van der Waals surface area contributed by atoms with Crippen LogP contribution in [-0.4, -0.2) is 12.5 Å². The van der Waals surface area contributed by atoms with Gasteiger partial charge in [-0.15, -0.1) is 11.8 Å². The molecule has 0 N–H and O–H groups in total. The zero-order chi connectivity index (χ0) is 10.3. The third-order valence-corrected chi connectivity index (χ3v) is 3.12. The van der Waals surface area contributed by atoms with Crippen molar-refractivity contribution in [2.24, 2.45) is 4.99 Å². The van der Waals surface area contributed by atoms with E-state index in [-0.39, 0.29) is 0 Å². The molecule has 0 unspecified atom stereocenters. The van der Waals surface area contributed by atoms with Crippen LogP contribution in [0.1, 0.15) is 11.1 Å². The molecule has 0 atom stereocenters. The second-order valence-corrected chi connectivity index (χ2v) is 4.18. The summed E-state index contributed by atoms with van der Waals surface area (Å²) < 4.78 is 5.46. The molecule has 1 aromatic heterocycles. The van der Waals surface area contributed by atoms with Crippen molar-refractivity contribution in [3.05, 3.63) is 40.6 Å². The van der Waals surface area contributed by atoms with Gasteiger partial charge in [0.2, 0.25) is 0 Å². The minimum absolute atomic E-state index is 0.924. The summed E-state index contributed by atoms with van der Waals surface area (Å²) in [4.78, 5) is 4.39. The van der Waals surface area contributed by atoms with Gasteiger partial charge in [-0.1, -0.05) is 12.1 Å². The Labute approximate surface area is 91.7 Å². The van der Waals surface area contributed by atoms with Gasteiger partial charge in [-0.3, -0.25) is 0 Å². The van der Waals surface area contributed by atoms with Crippen LogP contribution in [-0.2, 0) is 0 Å². The van der Waals surface area contributed by atoms with Gasteiger partial charge in [-0.2, -0.15) is 0 Å². The van der Waals surface area contributed by atoms with Crippen LogP contribution >= 0.6 is 11.8 Å². The van der Waals surface area contributed by atoms with Gasteiger partial charge in [0.15, 0.2) is 0 Å². The average Bonchev–Trinajstić information content (AvgIpc) is 2.58. The van der Waals surface area contributed by atoms with Crippen LogP contribution in [0.5, 0.6) is 0 Å². The number of hydrogen-bond acceptors (Lipinski definition) is 3. The molecule has 2 heterocycles. The zero-order valence-electron chi connectivity index (χ0n) is 8.23. The molecule has 0 amide bonds. The van der Waals surface area contributed by atoms with Crippen molar-refractivity contribution >= 4 is 35.0 Å². The van der Waals surface area contributed by atoms with Gasteiger partial charge < -0.3 is 4.42 Å². The summed E-state index contributed by atoms with van der Waals surface area (Å²) in [7, 11) is 0. The topological polar surface area (TPSA) is 25.5 Å². The molecule has 0 fully saturated rings. The van der Waals surface area contributed by atoms with Gasteiger partial charge in [0.1, 0.15) is 11.8 Å². The molecule has 2 aromatic rings. The highest BCUT2D eigenvalue weighted by Crippen LogP contribution is 2.30. The van der Waals surface area contributed by atoms with Gasteiger partial charge in [0.25, 0.3) is 0 Å². The summed E-state index contributed by atoms with van der Waals surface area (Å²) in [5.41, 5.74) is 3.16. The van der Waals surface area contributed by atoms with Crippen LogP contribution < -0.4 is 0 Å². The Hall–Kier alpha value is -1.48. The predicted molar refractivity (Wildman–Crippen MR) is 65.3 cm³/mol. The second kappa shape index (κ2) is 3.28. The van der Waals surface area contributed by atoms with Gasteiger partial charge in [-0.05, 0) is 24.0 Å². The molecule has 0 aliphatic carbocycles. The largest absolute Gasteiger partial charge is 0.464 e. The van der Waals surface area contributed by atoms with Gasteiger partial charge >= 0.3 is 0 Å². The first-order chi connectivity index (χ1) is 7.38. The fraction of sp³-hybridized carbons (Fsp3) is 0.0833. The van der Waals surface area contributed by atoms with Gasteiger partial charge in [0.05, 0.1) is 5.03 Å². The summed E-state index contributed by atoms with van der Waals surface area (Å²) >= 11 is 1.65. The van der Waals surface area contributed by atoms with Crippen LogP contribution in [0, 0.1) is 0 Å². The van der Waals surface area contributed by atoms with E-state index in [1.807, 2.05) is 24.6 Å². The maximum Gasteiger partial charge on any atom is 0.135 e. The number of nitrogens with zero attached hydrogens (tertiary/aromatic N) is 1. The maximum atomic E-state index is 5.46. The number of furan rings is 1. The Kier molecular flexibility index (Phi) is 1.92. The summed E-state index contributed by atoms with van der Waals surface area (Å²) in [6.07, 6.45) is 7.75. The van der Waals surface area contributed by atoms with Crippen molar-refractivity contribution in [3.63, 3.8) is 0 Å². The summed E-state index contributed by atoms with van der Waals surface area (Å²) in [6, 6.07) is 6.07. The number of benzene rings is 1. The van der Waals surface area contributed by atoms with E-state index in [2.05, 4.69) is 17.1 Å². The molecule has 15 heavy (non-hydrogen) atoms. The molecule has 1 aliphatic rings. The van der Waals surface area contributed by atoms with Crippen LogP contribution in [0.3, 0.4) is 0 Å². The third kappa shape index (κ3) is 1.31. The number of thioether (sulfide) groups is 1. The fourth-order valence-corrected chi connectivity index (χ4v) is 2.17. The average molecular weight is 215 g/mol. The van der Waals surface area contributed by atoms with Crippen molar-refractivity contribution in [2.75, 3.05) is 6.26 Å². The summed E-state index contributed by atoms with van der Waals surface area (Å²) in [6.45, 7) is 0. The predicted octanol–water partition coefficient (Wildman–Crippen LogP) is 3.53. The van der Waals surface area contributed by atoms with Crippen molar-refractivity contribution < 1.29 is 4.42 Å². The van der Waals surface area contributed by atoms with Crippen LogP contribution in [0.4, 0.5) is 0 Å². The van der Waals surface area contributed by atoms with E-state index in [0.717, 1.165) is 21.6 Å². The van der Waals surface area contributed by atoms with E-state index in [0.29, 0.717) is 0 Å². The molecule has 3 rings (SSSR count). The monoisotopic (exact) mass is 215 g/mol. The lowest BCUT2D eigenvalue weighted by atomic mass is 10.1. The maximum absolute atomic E-state index is 5.46. The molecule has 3 heteroatoms. The molecular formula is C12H9NOS. The lowest BCUT2D eigenvalue weighted by Gasteiger charge is -1.96.